The molecular formula is C9H18O. The van der Waals surface area contributed by atoms with Crippen LogP contribution in [0.25, 0.3) is 0 Å². The zero-order valence-corrected chi connectivity index (χ0v) is 6.84. The van der Waals surface area contributed by atoms with Gasteiger partial charge in [0.25, 0.3) is 0 Å². The normalized spacial score (nSPS) is 36.6. The van der Waals surface area contributed by atoms with E-state index in [0.29, 0.717) is 5.92 Å². The highest BCUT2D eigenvalue weighted by Crippen LogP contribution is 2.21. The third-order valence-electron chi connectivity index (χ3n) is 2.57. The van der Waals surface area contributed by atoms with Gasteiger partial charge in [0, 0.05) is 0 Å². The summed E-state index contributed by atoms with van der Waals surface area (Å²) in [4.78, 5) is 0. The molecule has 1 fully saturated rings. The van der Waals surface area contributed by atoms with Crippen molar-refractivity contribution in [2.24, 2.45) is 5.92 Å². The molecule has 0 unspecified atom stereocenters. The Balaban J connectivity index is 2.28. The molecule has 1 aliphatic carbocycles. The molecule has 0 spiro atoms. The molecule has 0 aromatic heterocycles. The summed E-state index contributed by atoms with van der Waals surface area (Å²) in [6, 6.07) is 0. The molecule has 60 valence electrons. The molecule has 0 radical (unpaired) electrons. The Morgan fingerprint density at radius 3 is 2.30 bits per heavy atom. The summed E-state index contributed by atoms with van der Waals surface area (Å²) in [5.74, 6) is 0.542. The van der Waals surface area contributed by atoms with E-state index in [1.165, 1.54) is 32.1 Å². The summed E-state index contributed by atoms with van der Waals surface area (Å²) in [5, 5.41) is 9.48. The maximum Gasteiger partial charge on any atom is 0.0565 e. The fourth-order valence-electron chi connectivity index (χ4n) is 1.65. The van der Waals surface area contributed by atoms with Crippen LogP contribution in [0.1, 0.15) is 45.4 Å². The minimum absolute atomic E-state index is 0.0136. The van der Waals surface area contributed by atoms with Gasteiger partial charge in [0.05, 0.1) is 6.10 Å². The highest BCUT2D eigenvalue weighted by Gasteiger charge is 2.15. The van der Waals surface area contributed by atoms with E-state index in [-0.39, 0.29) is 6.10 Å². The van der Waals surface area contributed by atoms with Crippen LogP contribution in [0.3, 0.4) is 0 Å². The molecule has 0 aromatic carbocycles. The largest absolute Gasteiger partial charge is 0.393 e. The highest BCUT2D eigenvalue weighted by molar-refractivity contribution is 4.67. The monoisotopic (exact) mass is 142 g/mol. The third kappa shape index (κ3) is 2.30. The maximum atomic E-state index is 9.48. The van der Waals surface area contributed by atoms with E-state index in [4.69, 9.17) is 0 Å². The van der Waals surface area contributed by atoms with Crippen LogP contribution in [0.2, 0.25) is 0 Å². The lowest BCUT2D eigenvalue weighted by Gasteiger charge is -2.21. The van der Waals surface area contributed by atoms with Crippen LogP contribution in [0.15, 0.2) is 0 Å². The number of hydrogen-bond acceptors (Lipinski definition) is 1. The SMILES string of the molecule is C[C@H]1CCCCCC[C@@H]1O. The first-order chi connectivity index (χ1) is 4.80. The summed E-state index contributed by atoms with van der Waals surface area (Å²) in [6.45, 7) is 2.16. The summed E-state index contributed by atoms with van der Waals surface area (Å²) in [5.41, 5.74) is 0. The van der Waals surface area contributed by atoms with E-state index in [9.17, 15) is 5.11 Å². The van der Waals surface area contributed by atoms with E-state index in [1.54, 1.807) is 0 Å². The predicted molar refractivity (Wildman–Crippen MR) is 42.9 cm³/mol. The minimum Gasteiger partial charge on any atom is -0.393 e. The van der Waals surface area contributed by atoms with E-state index < -0.39 is 0 Å². The first-order valence-corrected chi connectivity index (χ1v) is 4.49. The molecule has 1 aliphatic rings. The smallest absolute Gasteiger partial charge is 0.0565 e. The number of hydrogen-bond donors (Lipinski definition) is 1. The first kappa shape index (κ1) is 8.06. The Kier molecular flexibility index (Phi) is 3.20. The van der Waals surface area contributed by atoms with Crippen molar-refractivity contribution in [3.05, 3.63) is 0 Å². The molecule has 0 heterocycles. The minimum atomic E-state index is -0.0136. The van der Waals surface area contributed by atoms with E-state index in [0.717, 1.165) is 6.42 Å². The van der Waals surface area contributed by atoms with Crippen molar-refractivity contribution in [2.45, 2.75) is 51.6 Å². The van der Waals surface area contributed by atoms with Crippen molar-refractivity contribution in [3.63, 3.8) is 0 Å². The Hall–Kier alpha value is -0.0400. The average Bonchev–Trinajstić information content (AvgIpc) is 1.92. The van der Waals surface area contributed by atoms with Crippen LogP contribution in [-0.4, -0.2) is 11.2 Å². The van der Waals surface area contributed by atoms with Crippen molar-refractivity contribution in [1.29, 1.82) is 0 Å². The van der Waals surface area contributed by atoms with Crippen LogP contribution in [0.5, 0.6) is 0 Å². The second-order valence-corrected chi connectivity index (χ2v) is 3.54. The molecule has 1 rings (SSSR count). The van der Waals surface area contributed by atoms with Gasteiger partial charge in [0.1, 0.15) is 0 Å². The zero-order valence-electron chi connectivity index (χ0n) is 6.84. The summed E-state index contributed by atoms with van der Waals surface area (Å²) in [7, 11) is 0. The molecule has 1 heteroatoms. The van der Waals surface area contributed by atoms with Crippen LogP contribution < -0.4 is 0 Å². The summed E-state index contributed by atoms with van der Waals surface area (Å²) < 4.78 is 0. The van der Waals surface area contributed by atoms with Crippen LogP contribution in [0, 0.1) is 5.92 Å². The van der Waals surface area contributed by atoms with Crippen molar-refractivity contribution < 1.29 is 5.11 Å². The molecule has 0 amide bonds. The van der Waals surface area contributed by atoms with Gasteiger partial charge in [-0.3, -0.25) is 0 Å². The van der Waals surface area contributed by atoms with Gasteiger partial charge in [-0.15, -0.1) is 0 Å². The van der Waals surface area contributed by atoms with Crippen molar-refractivity contribution in [1.82, 2.24) is 0 Å². The molecule has 0 bridgehead atoms. The average molecular weight is 142 g/mol. The maximum absolute atomic E-state index is 9.48. The van der Waals surface area contributed by atoms with E-state index >= 15 is 0 Å². The lowest BCUT2D eigenvalue weighted by Crippen LogP contribution is -2.18. The van der Waals surface area contributed by atoms with Gasteiger partial charge >= 0.3 is 0 Å². The van der Waals surface area contributed by atoms with Crippen LogP contribution >= 0.6 is 0 Å². The molecule has 0 aliphatic heterocycles. The highest BCUT2D eigenvalue weighted by atomic mass is 16.3. The van der Waals surface area contributed by atoms with Gasteiger partial charge in [0.2, 0.25) is 0 Å². The second-order valence-electron chi connectivity index (χ2n) is 3.54. The Morgan fingerprint density at radius 2 is 1.60 bits per heavy atom. The van der Waals surface area contributed by atoms with Crippen molar-refractivity contribution in [3.8, 4) is 0 Å². The Labute approximate surface area is 63.4 Å². The quantitative estimate of drug-likeness (QED) is 0.550. The van der Waals surface area contributed by atoms with Crippen molar-refractivity contribution >= 4 is 0 Å². The van der Waals surface area contributed by atoms with Crippen LogP contribution in [-0.2, 0) is 0 Å². The van der Waals surface area contributed by atoms with E-state index in [2.05, 4.69) is 6.92 Å². The standard InChI is InChI=1S/C9H18O/c1-8-6-4-2-3-5-7-9(8)10/h8-10H,2-7H2,1H3/t8-,9-/m0/s1. The summed E-state index contributed by atoms with van der Waals surface area (Å²) in [6.07, 6.45) is 7.48. The van der Waals surface area contributed by atoms with Gasteiger partial charge in [-0.1, -0.05) is 32.6 Å². The number of aliphatic hydroxyl groups excluding tert-OH is 1. The van der Waals surface area contributed by atoms with Gasteiger partial charge in [-0.25, -0.2) is 0 Å². The van der Waals surface area contributed by atoms with Gasteiger partial charge in [0.15, 0.2) is 0 Å². The molecule has 1 nitrogen and oxygen atoms in total. The fourth-order valence-corrected chi connectivity index (χ4v) is 1.65. The second kappa shape index (κ2) is 3.97. The number of rotatable bonds is 0. The predicted octanol–water partition coefficient (Wildman–Crippen LogP) is 2.34. The zero-order chi connectivity index (χ0) is 7.40. The molecule has 0 aromatic rings. The van der Waals surface area contributed by atoms with E-state index in [1.807, 2.05) is 0 Å². The number of aliphatic hydroxyl groups is 1. The molecule has 2 atom stereocenters. The van der Waals surface area contributed by atoms with Crippen molar-refractivity contribution in [2.75, 3.05) is 0 Å². The lowest BCUT2D eigenvalue weighted by atomic mass is 9.90. The topological polar surface area (TPSA) is 20.2 Å². The van der Waals surface area contributed by atoms with Crippen LogP contribution in [0.4, 0.5) is 0 Å². The van der Waals surface area contributed by atoms with Gasteiger partial charge < -0.3 is 5.11 Å². The Morgan fingerprint density at radius 1 is 1.00 bits per heavy atom. The molecular weight excluding hydrogens is 124 g/mol. The Bertz CT molecular complexity index is 78.7. The summed E-state index contributed by atoms with van der Waals surface area (Å²) >= 11 is 0. The molecule has 10 heavy (non-hydrogen) atoms. The molecule has 1 N–H and O–H groups in total. The first-order valence-electron chi connectivity index (χ1n) is 4.49. The van der Waals surface area contributed by atoms with Gasteiger partial charge in [-0.05, 0) is 18.8 Å². The third-order valence-corrected chi connectivity index (χ3v) is 2.57. The molecule has 1 saturated carbocycles. The fraction of sp³-hybridized carbons (Fsp3) is 1.00. The lowest BCUT2D eigenvalue weighted by molar-refractivity contribution is 0.0928. The van der Waals surface area contributed by atoms with Gasteiger partial charge in [-0.2, -0.15) is 0 Å². The molecule has 0 saturated heterocycles.